The maximum Gasteiger partial charge on any atom is 0.336 e. The van der Waals surface area contributed by atoms with Crippen molar-refractivity contribution in [2.45, 2.75) is 30.4 Å². The molecule has 1 aliphatic heterocycles. The highest BCUT2D eigenvalue weighted by atomic mass is 32.2. The molecule has 19 heavy (non-hydrogen) atoms. The summed E-state index contributed by atoms with van der Waals surface area (Å²) in [6, 6.07) is 3.63. The third-order valence-corrected chi connectivity index (χ3v) is 3.71. The van der Waals surface area contributed by atoms with Crippen LogP contribution in [0.4, 0.5) is 0 Å². The zero-order valence-corrected chi connectivity index (χ0v) is 11.7. The summed E-state index contributed by atoms with van der Waals surface area (Å²) in [5, 5.41) is 10.2. The number of aromatic nitrogens is 1. The van der Waals surface area contributed by atoms with Gasteiger partial charge in [0.25, 0.3) is 0 Å². The summed E-state index contributed by atoms with van der Waals surface area (Å²) in [5.41, 5.74) is 0.895. The van der Waals surface area contributed by atoms with E-state index in [1.165, 1.54) is 11.8 Å². The molecule has 0 aliphatic carbocycles. The Balaban J connectivity index is 2.22. The molecular formula is C14H17NO3S. The molecule has 2 rings (SSSR count). The Labute approximate surface area is 116 Å². The highest BCUT2D eigenvalue weighted by Gasteiger charge is 2.17. The van der Waals surface area contributed by atoms with E-state index in [4.69, 9.17) is 4.74 Å². The molecule has 0 bridgehead atoms. The number of ether oxygens (including phenoxy) is 1. The molecular weight excluding hydrogens is 262 g/mol. The Hall–Kier alpha value is -1.33. The van der Waals surface area contributed by atoms with E-state index in [1.54, 1.807) is 18.3 Å². The lowest BCUT2D eigenvalue weighted by atomic mass is 10.0. The van der Waals surface area contributed by atoms with Crippen molar-refractivity contribution in [1.82, 2.24) is 4.98 Å². The number of carbonyl (C=O) groups is 1. The van der Waals surface area contributed by atoms with Gasteiger partial charge in [0.15, 0.2) is 0 Å². The Morgan fingerprint density at radius 1 is 1.53 bits per heavy atom. The van der Waals surface area contributed by atoms with Crippen LogP contribution in [-0.2, 0) is 9.53 Å². The van der Waals surface area contributed by atoms with Gasteiger partial charge in [0, 0.05) is 18.4 Å². The number of carboxylic acids is 1. The standard InChI is InChI=1S/C14H17NO3S/c1-19-13-6-5-10(9-15-13)12(14(16)17)8-11-4-2-3-7-18-11/h5-6,8-9,11H,2-4,7H2,1H3,(H,16,17)/b12-8+. The highest BCUT2D eigenvalue weighted by Crippen LogP contribution is 2.22. The number of nitrogens with zero attached hydrogens (tertiary/aromatic N) is 1. The number of pyridine rings is 1. The van der Waals surface area contributed by atoms with Crippen molar-refractivity contribution in [3.8, 4) is 0 Å². The second kappa shape index (κ2) is 6.73. The molecule has 1 atom stereocenters. The van der Waals surface area contributed by atoms with E-state index in [0.29, 0.717) is 12.2 Å². The third kappa shape index (κ3) is 3.81. The molecule has 0 radical (unpaired) electrons. The van der Waals surface area contributed by atoms with Crippen molar-refractivity contribution in [3.63, 3.8) is 0 Å². The SMILES string of the molecule is CSc1ccc(/C(=C\C2CCCCO2)C(=O)O)cn1. The molecule has 4 nitrogen and oxygen atoms in total. The van der Waals surface area contributed by atoms with Gasteiger partial charge in [-0.05, 0) is 43.7 Å². The quantitative estimate of drug-likeness (QED) is 0.678. The van der Waals surface area contributed by atoms with Crippen LogP contribution in [0.3, 0.4) is 0 Å². The van der Waals surface area contributed by atoms with Gasteiger partial charge >= 0.3 is 5.97 Å². The molecule has 1 N–H and O–H groups in total. The first kappa shape index (κ1) is 14.1. The maximum absolute atomic E-state index is 11.4. The van der Waals surface area contributed by atoms with E-state index in [9.17, 15) is 9.90 Å². The number of carboxylic acid groups (broad SMARTS) is 1. The van der Waals surface area contributed by atoms with E-state index in [2.05, 4.69) is 4.98 Å². The maximum atomic E-state index is 11.4. The van der Waals surface area contributed by atoms with Gasteiger partial charge in [-0.3, -0.25) is 0 Å². The number of hydrogen-bond acceptors (Lipinski definition) is 4. The summed E-state index contributed by atoms with van der Waals surface area (Å²) in [7, 11) is 0. The van der Waals surface area contributed by atoms with Gasteiger partial charge in [-0.2, -0.15) is 0 Å². The summed E-state index contributed by atoms with van der Waals surface area (Å²) >= 11 is 1.53. The smallest absolute Gasteiger partial charge is 0.336 e. The van der Waals surface area contributed by atoms with Crippen molar-refractivity contribution < 1.29 is 14.6 Å². The minimum Gasteiger partial charge on any atom is -0.478 e. The summed E-state index contributed by atoms with van der Waals surface area (Å²) in [4.78, 5) is 15.6. The number of hydrogen-bond donors (Lipinski definition) is 1. The van der Waals surface area contributed by atoms with Gasteiger partial charge in [-0.25, -0.2) is 9.78 Å². The van der Waals surface area contributed by atoms with Crippen LogP contribution in [-0.4, -0.2) is 35.0 Å². The lowest BCUT2D eigenvalue weighted by molar-refractivity contribution is -0.130. The normalized spacial score (nSPS) is 20.3. The Morgan fingerprint density at radius 3 is 2.89 bits per heavy atom. The first-order chi connectivity index (χ1) is 9.20. The molecule has 0 spiro atoms. The van der Waals surface area contributed by atoms with Crippen LogP contribution in [0.15, 0.2) is 29.4 Å². The summed E-state index contributed by atoms with van der Waals surface area (Å²) < 4.78 is 5.56. The molecule has 1 unspecified atom stereocenters. The largest absolute Gasteiger partial charge is 0.478 e. The minimum absolute atomic E-state index is 0.0972. The Kier molecular flexibility index (Phi) is 4.99. The first-order valence-corrected chi connectivity index (χ1v) is 7.50. The van der Waals surface area contributed by atoms with Crippen LogP contribution < -0.4 is 0 Å². The Morgan fingerprint density at radius 2 is 2.37 bits per heavy atom. The molecule has 102 valence electrons. The lowest BCUT2D eigenvalue weighted by Gasteiger charge is -2.20. The fourth-order valence-electron chi connectivity index (χ4n) is 2.03. The number of aliphatic carboxylic acids is 1. The summed E-state index contributed by atoms with van der Waals surface area (Å²) in [5.74, 6) is -0.937. The predicted octanol–water partition coefficient (Wildman–Crippen LogP) is 2.84. The van der Waals surface area contributed by atoms with Crippen LogP contribution >= 0.6 is 11.8 Å². The van der Waals surface area contributed by atoms with Gasteiger partial charge in [0.05, 0.1) is 16.7 Å². The average molecular weight is 279 g/mol. The van der Waals surface area contributed by atoms with Crippen molar-refractivity contribution in [2.24, 2.45) is 0 Å². The lowest BCUT2D eigenvalue weighted by Crippen LogP contribution is -2.18. The average Bonchev–Trinajstić information content (AvgIpc) is 2.46. The first-order valence-electron chi connectivity index (χ1n) is 6.28. The van der Waals surface area contributed by atoms with Crippen molar-refractivity contribution in [1.29, 1.82) is 0 Å². The zero-order chi connectivity index (χ0) is 13.7. The van der Waals surface area contributed by atoms with Crippen LogP contribution in [0.25, 0.3) is 5.57 Å². The molecule has 1 fully saturated rings. The molecule has 0 amide bonds. The van der Waals surface area contributed by atoms with Crippen LogP contribution in [0.2, 0.25) is 0 Å². The van der Waals surface area contributed by atoms with Crippen LogP contribution in [0.1, 0.15) is 24.8 Å². The van der Waals surface area contributed by atoms with Crippen molar-refractivity contribution >= 4 is 23.3 Å². The Bertz CT molecular complexity index is 464. The molecule has 0 aromatic carbocycles. The van der Waals surface area contributed by atoms with E-state index in [1.807, 2.05) is 12.3 Å². The van der Waals surface area contributed by atoms with E-state index >= 15 is 0 Å². The topological polar surface area (TPSA) is 59.4 Å². The fraction of sp³-hybridized carbons (Fsp3) is 0.429. The molecule has 1 saturated heterocycles. The van der Waals surface area contributed by atoms with Crippen LogP contribution in [0.5, 0.6) is 0 Å². The third-order valence-electron chi connectivity index (χ3n) is 3.05. The molecule has 5 heteroatoms. The predicted molar refractivity (Wildman–Crippen MR) is 75.2 cm³/mol. The molecule has 1 aliphatic rings. The molecule has 1 aromatic heterocycles. The van der Waals surface area contributed by atoms with Gasteiger partial charge in [-0.15, -0.1) is 11.8 Å². The summed E-state index contributed by atoms with van der Waals surface area (Å²) in [6.07, 6.45) is 8.17. The summed E-state index contributed by atoms with van der Waals surface area (Å²) in [6.45, 7) is 0.706. The second-order valence-electron chi connectivity index (χ2n) is 4.38. The van der Waals surface area contributed by atoms with E-state index in [0.717, 1.165) is 24.3 Å². The zero-order valence-electron chi connectivity index (χ0n) is 10.8. The highest BCUT2D eigenvalue weighted by molar-refractivity contribution is 7.98. The monoisotopic (exact) mass is 279 g/mol. The molecule has 0 saturated carbocycles. The van der Waals surface area contributed by atoms with Gasteiger partial charge in [0.1, 0.15) is 0 Å². The number of thioether (sulfide) groups is 1. The number of rotatable bonds is 4. The van der Waals surface area contributed by atoms with Crippen molar-refractivity contribution in [2.75, 3.05) is 12.9 Å². The fourth-order valence-corrected chi connectivity index (χ4v) is 2.40. The van der Waals surface area contributed by atoms with E-state index < -0.39 is 5.97 Å². The van der Waals surface area contributed by atoms with Gasteiger partial charge in [0.2, 0.25) is 0 Å². The minimum atomic E-state index is -0.937. The second-order valence-corrected chi connectivity index (χ2v) is 5.21. The molecule has 2 heterocycles. The van der Waals surface area contributed by atoms with Gasteiger partial charge < -0.3 is 9.84 Å². The molecule has 1 aromatic rings. The van der Waals surface area contributed by atoms with E-state index in [-0.39, 0.29) is 11.7 Å². The van der Waals surface area contributed by atoms with Crippen LogP contribution in [0, 0.1) is 0 Å². The van der Waals surface area contributed by atoms with Crippen molar-refractivity contribution in [3.05, 3.63) is 30.0 Å². The van der Waals surface area contributed by atoms with Gasteiger partial charge in [-0.1, -0.05) is 0 Å².